The molecule has 3 N–H and O–H groups in total. The van der Waals surface area contributed by atoms with E-state index < -0.39 is 20.0 Å². The molecule has 2 aromatic carbocycles. The number of nitrogens with zero attached hydrogens (tertiary/aromatic N) is 1. The molecule has 2 rings (SSSR count). The van der Waals surface area contributed by atoms with Gasteiger partial charge >= 0.3 is 0 Å². The second-order valence-corrected chi connectivity index (χ2v) is 10.2. The number of hydrogen-bond donors (Lipinski definition) is 2. The van der Waals surface area contributed by atoms with Crippen molar-refractivity contribution in [2.24, 2.45) is 5.14 Å². The Balaban J connectivity index is 1.89. The van der Waals surface area contributed by atoms with Crippen LogP contribution in [0.2, 0.25) is 0 Å². The van der Waals surface area contributed by atoms with E-state index in [2.05, 4.69) is 5.32 Å². The lowest BCUT2D eigenvalue weighted by Crippen LogP contribution is -2.30. The maximum atomic E-state index is 12.5. The van der Waals surface area contributed by atoms with Gasteiger partial charge in [0.25, 0.3) is 0 Å². The summed E-state index contributed by atoms with van der Waals surface area (Å²) in [6, 6.07) is 12.5. The minimum Gasteiger partial charge on any atom is -0.352 e. The van der Waals surface area contributed by atoms with Gasteiger partial charge in [-0.3, -0.25) is 4.79 Å². The van der Waals surface area contributed by atoms with E-state index in [-0.39, 0.29) is 15.7 Å². The Morgan fingerprint density at radius 2 is 1.48 bits per heavy atom. The van der Waals surface area contributed by atoms with Crippen LogP contribution in [0.4, 0.5) is 0 Å². The van der Waals surface area contributed by atoms with Crippen molar-refractivity contribution in [1.29, 1.82) is 0 Å². The fourth-order valence-electron chi connectivity index (χ4n) is 2.87. The molecule has 1 amide bonds. The molecule has 0 aliphatic heterocycles. The zero-order valence-electron chi connectivity index (χ0n) is 17.5. The molecule has 0 spiro atoms. The van der Waals surface area contributed by atoms with Gasteiger partial charge in [-0.2, -0.15) is 4.31 Å². The summed E-state index contributed by atoms with van der Waals surface area (Å²) in [5.41, 5.74) is 1.56. The molecule has 0 radical (unpaired) electrons. The third kappa shape index (κ3) is 7.00. The number of amides is 1. The summed E-state index contributed by atoms with van der Waals surface area (Å²) in [4.78, 5) is 12.2. The van der Waals surface area contributed by atoms with Gasteiger partial charge < -0.3 is 5.32 Å². The molecule has 0 atom stereocenters. The molecular formula is C21H27N3O5S2. The van der Waals surface area contributed by atoms with Gasteiger partial charge in [0.05, 0.1) is 9.79 Å². The van der Waals surface area contributed by atoms with Gasteiger partial charge in [-0.15, -0.1) is 0 Å². The first-order valence-corrected chi connectivity index (χ1v) is 12.7. The Morgan fingerprint density at radius 1 is 0.935 bits per heavy atom. The van der Waals surface area contributed by atoms with E-state index in [9.17, 15) is 21.6 Å². The number of primary sulfonamides is 1. The van der Waals surface area contributed by atoms with Crippen molar-refractivity contribution >= 4 is 32.0 Å². The average molecular weight is 466 g/mol. The van der Waals surface area contributed by atoms with Crippen LogP contribution in [0, 0.1) is 0 Å². The fraction of sp³-hybridized carbons (Fsp3) is 0.286. The normalized spacial score (nSPS) is 12.4. The number of nitrogens with two attached hydrogens (primary N) is 1. The van der Waals surface area contributed by atoms with E-state index >= 15 is 0 Å². The number of benzene rings is 2. The van der Waals surface area contributed by atoms with Crippen LogP contribution < -0.4 is 10.5 Å². The Hall–Kier alpha value is -2.53. The smallest absolute Gasteiger partial charge is 0.244 e. The lowest BCUT2D eigenvalue weighted by atomic mass is 10.1. The molecule has 0 aliphatic carbocycles. The third-order valence-corrected chi connectivity index (χ3v) is 7.61. The molecule has 0 fully saturated rings. The van der Waals surface area contributed by atoms with Gasteiger partial charge in [0.15, 0.2) is 0 Å². The average Bonchev–Trinajstić information content (AvgIpc) is 2.73. The monoisotopic (exact) mass is 465 g/mol. The Morgan fingerprint density at radius 3 is 2.00 bits per heavy atom. The summed E-state index contributed by atoms with van der Waals surface area (Å²) in [7, 11) is -7.23. The van der Waals surface area contributed by atoms with E-state index in [1.54, 1.807) is 44.2 Å². The van der Waals surface area contributed by atoms with Crippen molar-refractivity contribution < 1.29 is 21.6 Å². The lowest BCUT2D eigenvalue weighted by molar-refractivity contribution is -0.116. The highest BCUT2D eigenvalue weighted by molar-refractivity contribution is 7.89. The second-order valence-electron chi connectivity index (χ2n) is 6.72. The molecule has 31 heavy (non-hydrogen) atoms. The van der Waals surface area contributed by atoms with Crippen molar-refractivity contribution in [1.82, 2.24) is 9.62 Å². The molecule has 8 nitrogen and oxygen atoms in total. The standard InChI is InChI=1S/C21H27N3O5S2/c1-3-24(4-2)31(28,29)20-12-7-17(8-13-20)9-14-21(25)23-16-15-18-5-10-19(11-6-18)30(22,26)27/h5-14H,3-4,15-16H2,1-2H3,(H,23,25)(H2,22,26,27)/b14-9+. The minimum atomic E-state index is -3.72. The summed E-state index contributed by atoms with van der Waals surface area (Å²) in [6.07, 6.45) is 3.50. The van der Waals surface area contributed by atoms with Crippen LogP contribution in [-0.2, 0) is 31.3 Å². The van der Waals surface area contributed by atoms with Crippen LogP contribution in [0.1, 0.15) is 25.0 Å². The number of carbonyl (C=O) groups is 1. The van der Waals surface area contributed by atoms with Crippen LogP contribution >= 0.6 is 0 Å². The van der Waals surface area contributed by atoms with Crippen LogP contribution in [-0.4, -0.2) is 46.7 Å². The third-order valence-electron chi connectivity index (χ3n) is 4.62. The first kappa shape index (κ1) is 24.7. The van der Waals surface area contributed by atoms with E-state index in [1.807, 2.05) is 0 Å². The van der Waals surface area contributed by atoms with Crippen LogP contribution in [0.15, 0.2) is 64.4 Å². The maximum absolute atomic E-state index is 12.5. The molecular weight excluding hydrogens is 438 g/mol. The van der Waals surface area contributed by atoms with Crippen LogP contribution in [0.3, 0.4) is 0 Å². The van der Waals surface area contributed by atoms with Gasteiger partial charge in [-0.05, 0) is 47.9 Å². The molecule has 0 aromatic heterocycles. The van der Waals surface area contributed by atoms with E-state index in [0.717, 1.165) is 5.56 Å². The molecule has 0 saturated heterocycles. The number of rotatable bonds is 10. The van der Waals surface area contributed by atoms with Crippen molar-refractivity contribution in [3.63, 3.8) is 0 Å². The highest BCUT2D eigenvalue weighted by Crippen LogP contribution is 2.16. The quantitative estimate of drug-likeness (QED) is 0.517. The molecule has 0 saturated carbocycles. The van der Waals surface area contributed by atoms with Crippen molar-refractivity contribution in [2.75, 3.05) is 19.6 Å². The number of nitrogens with one attached hydrogen (secondary N) is 1. The molecule has 2 aromatic rings. The Labute approximate surface area is 183 Å². The number of hydrogen-bond acceptors (Lipinski definition) is 5. The van der Waals surface area contributed by atoms with Crippen molar-refractivity contribution in [3.8, 4) is 0 Å². The summed E-state index contributed by atoms with van der Waals surface area (Å²) in [6.45, 7) is 4.75. The predicted octanol–water partition coefficient (Wildman–Crippen LogP) is 1.74. The van der Waals surface area contributed by atoms with E-state index in [1.165, 1.54) is 34.6 Å². The topological polar surface area (TPSA) is 127 Å². The second kappa shape index (κ2) is 10.7. The van der Waals surface area contributed by atoms with Gasteiger partial charge in [0.1, 0.15) is 0 Å². The van der Waals surface area contributed by atoms with Crippen molar-refractivity contribution in [2.45, 2.75) is 30.1 Å². The highest BCUT2D eigenvalue weighted by atomic mass is 32.2. The first-order chi connectivity index (χ1) is 14.6. The summed E-state index contributed by atoms with van der Waals surface area (Å²) < 4.78 is 48.8. The first-order valence-electron chi connectivity index (χ1n) is 9.75. The minimum absolute atomic E-state index is 0.0409. The zero-order valence-corrected chi connectivity index (χ0v) is 19.1. The van der Waals surface area contributed by atoms with Crippen LogP contribution in [0.25, 0.3) is 6.08 Å². The zero-order chi connectivity index (χ0) is 23.1. The van der Waals surface area contributed by atoms with E-state index in [4.69, 9.17) is 5.14 Å². The maximum Gasteiger partial charge on any atom is 0.244 e. The summed E-state index contributed by atoms with van der Waals surface area (Å²) in [5.74, 6) is -0.291. The number of sulfonamides is 2. The Kier molecular flexibility index (Phi) is 8.52. The molecule has 0 unspecified atom stereocenters. The molecule has 10 heteroatoms. The fourth-order valence-corrected chi connectivity index (χ4v) is 4.84. The Bertz CT molecular complexity index is 1120. The molecule has 0 aliphatic rings. The van der Waals surface area contributed by atoms with Gasteiger partial charge in [0.2, 0.25) is 26.0 Å². The largest absolute Gasteiger partial charge is 0.352 e. The van der Waals surface area contributed by atoms with Gasteiger partial charge in [-0.1, -0.05) is 38.1 Å². The SMILES string of the molecule is CCN(CC)S(=O)(=O)c1ccc(/C=C/C(=O)NCCc2ccc(S(N)(=O)=O)cc2)cc1. The van der Waals surface area contributed by atoms with Crippen LogP contribution in [0.5, 0.6) is 0 Å². The molecule has 0 heterocycles. The van der Waals surface area contributed by atoms with E-state index in [0.29, 0.717) is 31.6 Å². The summed E-state index contributed by atoms with van der Waals surface area (Å²) >= 11 is 0. The molecule has 168 valence electrons. The van der Waals surface area contributed by atoms with Crippen molar-refractivity contribution in [3.05, 3.63) is 65.7 Å². The lowest BCUT2D eigenvalue weighted by Gasteiger charge is -2.18. The summed E-state index contributed by atoms with van der Waals surface area (Å²) in [5, 5.41) is 7.80. The molecule has 0 bridgehead atoms. The number of carbonyl (C=O) groups excluding carboxylic acids is 1. The highest BCUT2D eigenvalue weighted by Gasteiger charge is 2.20. The van der Waals surface area contributed by atoms with Gasteiger partial charge in [0, 0.05) is 25.7 Å². The predicted molar refractivity (Wildman–Crippen MR) is 120 cm³/mol. The van der Waals surface area contributed by atoms with Gasteiger partial charge in [-0.25, -0.2) is 22.0 Å².